The Kier molecular flexibility index (Phi) is 5.21. The average molecular weight is 315 g/mol. The molecule has 4 heteroatoms. The summed E-state index contributed by atoms with van der Waals surface area (Å²) in [7, 11) is 2.12. The van der Waals surface area contributed by atoms with Crippen molar-refractivity contribution in [3.05, 3.63) is 24.3 Å². The summed E-state index contributed by atoms with van der Waals surface area (Å²) in [5.41, 5.74) is 2.25. The summed E-state index contributed by atoms with van der Waals surface area (Å²) in [5, 5.41) is 3.41. The van der Waals surface area contributed by atoms with Crippen LogP contribution in [-0.4, -0.2) is 39.1 Å². The van der Waals surface area contributed by atoms with Crippen molar-refractivity contribution in [1.29, 1.82) is 0 Å². The van der Waals surface area contributed by atoms with Gasteiger partial charge < -0.3 is 15.1 Å². The summed E-state index contributed by atoms with van der Waals surface area (Å²) >= 11 is 0. The highest BCUT2D eigenvalue weighted by Gasteiger charge is 2.27. The smallest absolute Gasteiger partial charge is 0.227 e. The fraction of sp³-hybridized carbons (Fsp3) is 0.632. The predicted molar refractivity (Wildman–Crippen MR) is 96.1 cm³/mol. The van der Waals surface area contributed by atoms with Crippen LogP contribution < -0.4 is 15.1 Å². The van der Waals surface area contributed by atoms with E-state index in [0.29, 0.717) is 24.2 Å². The van der Waals surface area contributed by atoms with E-state index in [1.165, 1.54) is 18.5 Å². The number of nitrogens with zero attached hydrogens (tertiary/aromatic N) is 2. The summed E-state index contributed by atoms with van der Waals surface area (Å²) in [6, 6.07) is 8.30. The van der Waals surface area contributed by atoms with Crippen molar-refractivity contribution in [1.82, 2.24) is 5.32 Å². The van der Waals surface area contributed by atoms with Crippen LogP contribution in [0.25, 0.3) is 0 Å². The van der Waals surface area contributed by atoms with E-state index in [-0.39, 0.29) is 0 Å². The molecule has 1 aromatic carbocycles. The van der Waals surface area contributed by atoms with Crippen molar-refractivity contribution < 1.29 is 4.79 Å². The van der Waals surface area contributed by atoms with Crippen molar-refractivity contribution in [3.8, 4) is 0 Å². The van der Waals surface area contributed by atoms with Gasteiger partial charge in [0.25, 0.3) is 0 Å². The highest BCUT2D eigenvalue weighted by atomic mass is 16.2. The van der Waals surface area contributed by atoms with Gasteiger partial charge >= 0.3 is 0 Å². The first-order chi connectivity index (χ1) is 11.2. The number of hydrogen-bond donors (Lipinski definition) is 1. The fourth-order valence-corrected chi connectivity index (χ4v) is 3.95. The fourth-order valence-electron chi connectivity index (χ4n) is 3.95. The highest BCUT2D eigenvalue weighted by Crippen LogP contribution is 2.33. The van der Waals surface area contributed by atoms with Crippen LogP contribution in [0.5, 0.6) is 0 Å². The Morgan fingerprint density at radius 1 is 1.22 bits per heavy atom. The first-order valence-corrected chi connectivity index (χ1v) is 8.98. The number of para-hydroxylation sites is 2. The molecule has 2 aliphatic heterocycles. The Balaban J connectivity index is 1.72. The van der Waals surface area contributed by atoms with Gasteiger partial charge in [0.05, 0.1) is 11.4 Å². The minimum atomic E-state index is 0.291. The molecule has 3 rings (SSSR count). The second-order valence-corrected chi connectivity index (χ2v) is 7.08. The summed E-state index contributed by atoms with van der Waals surface area (Å²) < 4.78 is 0. The average Bonchev–Trinajstić information content (AvgIpc) is 2.75. The van der Waals surface area contributed by atoms with Gasteiger partial charge in [-0.1, -0.05) is 19.1 Å². The first-order valence-electron chi connectivity index (χ1n) is 8.98. The molecule has 1 fully saturated rings. The molecule has 2 heterocycles. The van der Waals surface area contributed by atoms with Crippen molar-refractivity contribution in [2.24, 2.45) is 11.8 Å². The topological polar surface area (TPSA) is 35.6 Å². The summed E-state index contributed by atoms with van der Waals surface area (Å²) in [6.45, 7) is 6.29. The van der Waals surface area contributed by atoms with Gasteiger partial charge in [-0.05, 0) is 56.3 Å². The number of benzene rings is 1. The van der Waals surface area contributed by atoms with E-state index in [1.54, 1.807) is 0 Å². The molecule has 0 aromatic heterocycles. The molecule has 2 aliphatic rings. The number of nitrogens with one attached hydrogen (secondary N) is 1. The normalized spacial score (nSPS) is 20.8. The van der Waals surface area contributed by atoms with E-state index in [2.05, 4.69) is 42.4 Å². The van der Waals surface area contributed by atoms with E-state index in [9.17, 15) is 4.79 Å². The maximum Gasteiger partial charge on any atom is 0.227 e. The third-order valence-corrected chi connectivity index (χ3v) is 5.45. The van der Waals surface area contributed by atoms with Gasteiger partial charge in [-0.15, -0.1) is 0 Å². The first kappa shape index (κ1) is 16.3. The lowest BCUT2D eigenvalue weighted by Gasteiger charge is -2.30. The third kappa shape index (κ3) is 3.69. The van der Waals surface area contributed by atoms with Gasteiger partial charge in [0, 0.05) is 26.6 Å². The molecule has 0 radical (unpaired) electrons. The van der Waals surface area contributed by atoms with Crippen LogP contribution in [-0.2, 0) is 4.79 Å². The minimum Gasteiger partial charge on any atom is -0.373 e. The molecule has 0 spiro atoms. The maximum absolute atomic E-state index is 13.0. The Hall–Kier alpha value is -1.55. The number of rotatable bonds is 3. The van der Waals surface area contributed by atoms with Crippen LogP contribution in [0.2, 0.25) is 0 Å². The molecule has 1 aromatic rings. The van der Waals surface area contributed by atoms with Gasteiger partial charge in [-0.2, -0.15) is 0 Å². The number of fused-ring (bicyclic) bond motifs is 1. The molecular formula is C19H29N3O. The summed E-state index contributed by atoms with van der Waals surface area (Å²) in [6.07, 6.45) is 4.10. The molecule has 126 valence electrons. The zero-order valence-corrected chi connectivity index (χ0v) is 14.4. The number of anilines is 2. The molecule has 1 amide bonds. The van der Waals surface area contributed by atoms with E-state index >= 15 is 0 Å². The molecule has 4 nitrogen and oxygen atoms in total. The second kappa shape index (κ2) is 7.35. The molecule has 0 bridgehead atoms. The highest BCUT2D eigenvalue weighted by molar-refractivity contribution is 5.97. The number of piperidine rings is 1. The van der Waals surface area contributed by atoms with Crippen LogP contribution in [0.15, 0.2) is 24.3 Å². The molecule has 23 heavy (non-hydrogen) atoms. The van der Waals surface area contributed by atoms with E-state index in [1.807, 2.05) is 11.0 Å². The number of carbonyl (C=O) groups excluding carboxylic acids is 1. The lowest BCUT2D eigenvalue weighted by atomic mass is 9.84. The standard InChI is InChI=1S/C19H29N3O/c1-15(16-8-10-20-11-9-16)14-19(23)22-13-5-12-21(2)17-6-3-4-7-18(17)22/h3-4,6-7,15-16,20H,5,8-14H2,1-2H3. The quantitative estimate of drug-likeness (QED) is 0.931. The molecule has 1 unspecified atom stereocenters. The lowest BCUT2D eigenvalue weighted by Crippen LogP contribution is -2.36. The summed E-state index contributed by atoms with van der Waals surface area (Å²) in [5.74, 6) is 1.45. The summed E-state index contributed by atoms with van der Waals surface area (Å²) in [4.78, 5) is 17.3. The Morgan fingerprint density at radius 3 is 2.65 bits per heavy atom. The molecule has 1 atom stereocenters. The van der Waals surface area contributed by atoms with Gasteiger partial charge in [0.1, 0.15) is 0 Å². The second-order valence-electron chi connectivity index (χ2n) is 7.08. The Bertz CT molecular complexity index is 539. The molecule has 0 aliphatic carbocycles. The van der Waals surface area contributed by atoms with Crippen LogP contribution in [0.4, 0.5) is 11.4 Å². The SMILES string of the molecule is CC(CC(=O)N1CCCN(C)c2ccccc21)C1CCNCC1. The van der Waals surface area contributed by atoms with Gasteiger partial charge in [0.2, 0.25) is 5.91 Å². The molecule has 1 saturated heterocycles. The van der Waals surface area contributed by atoms with E-state index in [0.717, 1.165) is 38.3 Å². The lowest BCUT2D eigenvalue weighted by molar-refractivity contribution is -0.119. The largest absolute Gasteiger partial charge is 0.373 e. The molecular weight excluding hydrogens is 286 g/mol. The van der Waals surface area contributed by atoms with Crippen LogP contribution in [0.3, 0.4) is 0 Å². The van der Waals surface area contributed by atoms with Crippen molar-refractivity contribution >= 4 is 17.3 Å². The number of amides is 1. The number of hydrogen-bond acceptors (Lipinski definition) is 3. The monoisotopic (exact) mass is 315 g/mol. The maximum atomic E-state index is 13.0. The number of carbonyl (C=O) groups is 1. The van der Waals surface area contributed by atoms with Crippen LogP contribution in [0.1, 0.15) is 32.6 Å². The van der Waals surface area contributed by atoms with Crippen LogP contribution >= 0.6 is 0 Å². The van der Waals surface area contributed by atoms with Crippen molar-refractivity contribution in [2.75, 3.05) is 43.0 Å². The van der Waals surface area contributed by atoms with E-state index < -0.39 is 0 Å². The Morgan fingerprint density at radius 2 is 1.91 bits per heavy atom. The van der Waals surface area contributed by atoms with Gasteiger partial charge in [-0.3, -0.25) is 4.79 Å². The minimum absolute atomic E-state index is 0.291. The van der Waals surface area contributed by atoms with Crippen molar-refractivity contribution in [2.45, 2.75) is 32.6 Å². The zero-order valence-electron chi connectivity index (χ0n) is 14.4. The van der Waals surface area contributed by atoms with Crippen molar-refractivity contribution in [3.63, 3.8) is 0 Å². The van der Waals surface area contributed by atoms with E-state index in [4.69, 9.17) is 0 Å². The predicted octanol–water partition coefficient (Wildman–Crippen LogP) is 2.89. The zero-order chi connectivity index (χ0) is 16.2. The molecule has 1 N–H and O–H groups in total. The van der Waals surface area contributed by atoms with Gasteiger partial charge in [0.15, 0.2) is 0 Å². The van der Waals surface area contributed by atoms with Crippen LogP contribution in [0, 0.1) is 11.8 Å². The third-order valence-electron chi connectivity index (χ3n) is 5.45. The molecule has 0 saturated carbocycles. The van der Waals surface area contributed by atoms with Gasteiger partial charge in [-0.25, -0.2) is 0 Å². The Labute approximate surface area is 139 Å².